The van der Waals surface area contributed by atoms with Crippen LogP contribution in [0.25, 0.3) is 0 Å². The van der Waals surface area contributed by atoms with E-state index in [1.807, 2.05) is 24.3 Å². The summed E-state index contributed by atoms with van der Waals surface area (Å²) in [4.78, 5) is 0. The Morgan fingerprint density at radius 1 is 1.19 bits per heavy atom. The van der Waals surface area contributed by atoms with E-state index in [2.05, 4.69) is 36.7 Å². The Balaban J connectivity index is 1.82. The summed E-state index contributed by atoms with van der Waals surface area (Å²) in [6.45, 7) is 7.81. The molecule has 0 aliphatic heterocycles. The lowest BCUT2D eigenvalue weighted by Crippen LogP contribution is -2.40. The van der Waals surface area contributed by atoms with Gasteiger partial charge in [-0.3, -0.25) is 0 Å². The van der Waals surface area contributed by atoms with Gasteiger partial charge in [-0.25, -0.2) is 0 Å². The number of ether oxygens (including phenoxy) is 1. The van der Waals surface area contributed by atoms with Crippen LogP contribution in [0.4, 0.5) is 0 Å². The molecule has 1 aromatic carbocycles. The van der Waals surface area contributed by atoms with Crippen LogP contribution in [-0.2, 0) is 0 Å². The average Bonchev–Trinajstić information content (AvgIpc) is 2.42. The topological polar surface area (TPSA) is 35.2 Å². The zero-order chi connectivity index (χ0) is 15.5. The SMILES string of the molecule is CC(C)(C)C1CCC(N)C(CCOc2ccc(Br)cc2)C1. The van der Waals surface area contributed by atoms with Gasteiger partial charge in [-0.2, -0.15) is 0 Å². The lowest BCUT2D eigenvalue weighted by atomic mass is 9.67. The molecule has 3 heteroatoms. The number of hydrogen-bond donors (Lipinski definition) is 1. The van der Waals surface area contributed by atoms with Crippen molar-refractivity contribution >= 4 is 15.9 Å². The first-order valence-electron chi connectivity index (χ1n) is 8.00. The lowest BCUT2D eigenvalue weighted by molar-refractivity contribution is 0.112. The summed E-state index contributed by atoms with van der Waals surface area (Å²) < 4.78 is 6.94. The zero-order valence-corrected chi connectivity index (χ0v) is 15.0. The summed E-state index contributed by atoms with van der Waals surface area (Å²) in [6.07, 6.45) is 4.73. The van der Waals surface area contributed by atoms with Gasteiger partial charge < -0.3 is 10.5 Å². The summed E-state index contributed by atoms with van der Waals surface area (Å²) in [5.41, 5.74) is 6.72. The molecule has 2 nitrogen and oxygen atoms in total. The first-order valence-corrected chi connectivity index (χ1v) is 8.79. The molecule has 0 aromatic heterocycles. The van der Waals surface area contributed by atoms with E-state index in [4.69, 9.17) is 10.5 Å². The van der Waals surface area contributed by atoms with E-state index in [0.717, 1.165) is 35.6 Å². The highest BCUT2D eigenvalue weighted by Gasteiger charge is 2.34. The van der Waals surface area contributed by atoms with Gasteiger partial charge in [0, 0.05) is 10.5 Å². The van der Waals surface area contributed by atoms with Crippen LogP contribution in [0, 0.1) is 17.3 Å². The van der Waals surface area contributed by atoms with Gasteiger partial charge in [0.1, 0.15) is 5.75 Å². The van der Waals surface area contributed by atoms with Crippen molar-refractivity contribution in [2.24, 2.45) is 23.0 Å². The van der Waals surface area contributed by atoms with Crippen LogP contribution in [0.2, 0.25) is 0 Å². The van der Waals surface area contributed by atoms with Crippen LogP contribution >= 0.6 is 15.9 Å². The van der Waals surface area contributed by atoms with E-state index in [1.165, 1.54) is 12.8 Å². The summed E-state index contributed by atoms with van der Waals surface area (Å²) in [5.74, 6) is 2.32. The summed E-state index contributed by atoms with van der Waals surface area (Å²) in [5, 5.41) is 0. The number of hydrogen-bond acceptors (Lipinski definition) is 2. The molecule has 0 amide bonds. The first kappa shape index (κ1) is 16.8. The highest BCUT2D eigenvalue weighted by atomic mass is 79.9. The third kappa shape index (κ3) is 5.00. The van der Waals surface area contributed by atoms with Crippen LogP contribution in [0.15, 0.2) is 28.7 Å². The molecule has 1 aliphatic rings. The molecule has 2 N–H and O–H groups in total. The standard InChI is InChI=1S/C18H28BrNO/c1-18(2,3)14-4-9-17(20)13(12-14)10-11-21-16-7-5-15(19)6-8-16/h5-8,13-14,17H,4,9-12,20H2,1-3H3. The molecule has 0 spiro atoms. The van der Waals surface area contributed by atoms with Crippen molar-refractivity contribution < 1.29 is 4.74 Å². The first-order chi connectivity index (χ1) is 9.86. The zero-order valence-electron chi connectivity index (χ0n) is 13.4. The van der Waals surface area contributed by atoms with Crippen LogP contribution in [-0.4, -0.2) is 12.6 Å². The molecule has 0 heterocycles. The Bertz CT molecular complexity index is 438. The quantitative estimate of drug-likeness (QED) is 0.825. The van der Waals surface area contributed by atoms with Gasteiger partial charge in [-0.1, -0.05) is 36.7 Å². The fourth-order valence-electron chi connectivity index (χ4n) is 3.26. The van der Waals surface area contributed by atoms with Crippen LogP contribution < -0.4 is 10.5 Å². The van der Waals surface area contributed by atoms with Crippen molar-refractivity contribution in [1.82, 2.24) is 0 Å². The second-order valence-electron chi connectivity index (χ2n) is 7.39. The predicted octanol–water partition coefficient (Wildman–Crippen LogP) is 5.01. The normalized spacial score (nSPS) is 26.6. The van der Waals surface area contributed by atoms with Gasteiger partial charge >= 0.3 is 0 Å². The minimum absolute atomic E-state index is 0.345. The van der Waals surface area contributed by atoms with Crippen LogP contribution in [0.1, 0.15) is 46.5 Å². The van der Waals surface area contributed by atoms with Gasteiger partial charge in [0.05, 0.1) is 6.61 Å². The van der Waals surface area contributed by atoms with Gasteiger partial charge in [-0.15, -0.1) is 0 Å². The van der Waals surface area contributed by atoms with Crippen molar-refractivity contribution in [3.8, 4) is 5.75 Å². The summed E-state index contributed by atoms with van der Waals surface area (Å²) in [7, 11) is 0. The number of benzene rings is 1. The number of halogens is 1. The molecule has 21 heavy (non-hydrogen) atoms. The largest absolute Gasteiger partial charge is 0.494 e. The van der Waals surface area contributed by atoms with Gasteiger partial charge in [0.2, 0.25) is 0 Å². The molecule has 1 fully saturated rings. The molecule has 118 valence electrons. The molecule has 1 aliphatic carbocycles. The minimum atomic E-state index is 0.345. The van der Waals surface area contributed by atoms with E-state index >= 15 is 0 Å². The highest BCUT2D eigenvalue weighted by molar-refractivity contribution is 9.10. The summed E-state index contributed by atoms with van der Waals surface area (Å²) in [6, 6.07) is 8.37. The van der Waals surface area contributed by atoms with Gasteiger partial charge in [-0.05, 0) is 67.2 Å². The molecular weight excluding hydrogens is 326 g/mol. The Morgan fingerprint density at radius 3 is 2.48 bits per heavy atom. The molecular formula is C18H28BrNO. The Hall–Kier alpha value is -0.540. The van der Waals surface area contributed by atoms with Crippen molar-refractivity contribution in [3.63, 3.8) is 0 Å². The van der Waals surface area contributed by atoms with Crippen LogP contribution in [0.5, 0.6) is 5.75 Å². The molecule has 0 radical (unpaired) electrons. The fourth-order valence-corrected chi connectivity index (χ4v) is 3.53. The average molecular weight is 354 g/mol. The fraction of sp³-hybridized carbons (Fsp3) is 0.667. The Kier molecular flexibility index (Phi) is 5.73. The van der Waals surface area contributed by atoms with E-state index in [-0.39, 0.29) is 0 Å². The third-order valence-electron chi connectivity index (χ3n) is 4.84. The van der Waals surface area contributed by atoms with E-state index in [1.54, 1.807) is 0 Å². The smallest absolute Gasteiger partial charge is 0.119 e. The summed E-state index contributed by atoms with van der Waals surface area (Å²) >= 11 is 3.44. The van der Waals surface area contributed by atoms with Crippen molar-refractivity contribution in [2.75, 3.05) is 6.61 Å². The van der Waals surface area contributed by atoms with E-state index < -0.39 is 0 Å². The molecule has 2 rings (SSSR count). The van der Waals surface area contributed by atoms with E-state index in [9.17, 15) is 0 Å². The maximum atomic E-state index is 6.32. The van der Waals surface area contributed by atoms with Crippen LogP contribution in [0.3, 0.4) is 0 Å². The lowest BCUT2D eigenvalue weighted by Gasteiger charge is -2.40. The Morgan fingerprint density at radius 2 is 1.86 bits per heavy atom. The second kappa shape index (κ2) is 7.15. The molecule has 0 bridgehead atoms. The molecule has 3 unspecified atom stereocenters. The van der Waals surface area contributed by atoms with Crippen molar-refractivity contribution in [3.05, 3.63) is 28.7 Å². The van der Waals surface area contributed by atoms with Crippen molar-refractivity contribution in [1.29, 1.82) is 0 Å². The van der Waals surface area contributed by atoms with Gasteiger partial charge in [0.25, 0.3) is 0 Å². The maximum absolute atomic E-state index is 6.32. The molecule has 0 saturated heterocycles. The molecule has 3 atom stereocenters. The maximum Gasteiger partial charge on any atom is 0.119 e. The van der Waals surface area contributed by atoms with Crippen molar-refractivity contribution in [2.45, 2.75) is 52.5 Å². The molecule has 1 saturated carbocycles. The minimum Gasteiger partial charge on any atom is -0.494 e. The van der Waals surface area contributed by atoms with Gasteiger partial charge in [0.15, 0.2) is 0 Å². The second-order valence-corrected chi connectivity index (χ2v) is 8.31. The Labute approximate surface area is 137 Å². The third-order valence-corrected chi connectivity index (χ3v) is 5.37. The van der Waals surface area contributed by atoms with E-state index in [0.29, 0.717) is 17.4 Å². The highest BCUT2D eigenvalue weighted by Crippen LogP contribution is 2.40. The number of rotatable bonds is 4. The molecule has 1 aromatic rings. The monoisotopic (exact) mass is 353 g/mol. The predicted molar refractivity (Wildman–Crippen MR) is 92.5 cm³/mol. The number of nitrogens with two attached hydrogens (primary N) is 1.